The number of hydrogen-bond donors (Lipinski definition) is 1. The smallest absolute Gasteiger partial charge is 0.166 e. The van der Waals surface area contributed by atoms with Crippen molar-refractivity contribution in [3.63, 3.8) is 0 Å². The molecule has 14 heavy (non-hydrogen) atoms. The van der Waals surface area contributed by atoms with Gasteiger partial charge in [0.2, 0.25) is 0 Å². The summed E-state index contributed by atoms with van der Waals surface area (Å²) in [4.78, 5) is 6.61. The molecular formula is C9H16ClN3S. The summed E-state index contributed by atoms with van der Waals surface area (Å²) in [6, 6.07) is 0.617. The zero-order chi connectivity index (χ0) is 9.26. The number of rotatable bonds is 0. The van der Waals surface area contributed by atoms with Crippen molar-refractivity contribution in [1.82, 2.24) is 4.90 Å². The molecule has 0 bridgehead atoms. The molecule has 1 fully saturated rings. The van der Waals surface area contributed by atoms with Gasteiger partial charge in [0.1, 0.15) is 5.84 Å². The highest BCUT2D eigenvalue weighted by atomic mass is 35.5. The molecule has 1 atom stereocenters. The molecule has 0 aromatic carbocycles. The quantitative estimate of drug-likeness (QED) is 0.698. The number of nitrogens with zero attached hydrogens (tertiary/aromatic N) is 2. The highest BCUT2D eigenvalue weighted by Crippen LogP contribution is 2.24. The number of nitrogens with one attached hydrogen (secondary N) is 1. The largest absolute Gasteiger partial charge is 0.348 e. The number of halogens is 1. The van der Waals surface area contributed by atoms with Crippen LogP contribution in [-0.2, 0) is 0 Å². The van der Waals surface area contributed by atoms with Gasteiger partial charge in [0, 0.05) is 12.6 Å². The van der Waals surface area contributed by atoms with Gasteiger partial charge in [-0.15, -0.1) is 12.4 Å². The molecule has 0 spiro atoms. The van der Waals surface area contributed by atoms with Gasteiger partial charge in [-0.25, -0.2) is 4.99 Å². The van der Waals surface area contributed by atoms with Crippen LogP contribution in [0, 0.1) is 5.41 Å². The van der Waals surface area contributed by atoms with E-state index in [1.54, 1.807) is 11.8 Å². The van der Waals surface area contributed by atoms with Crippen LogP contribution in [0.25, 0.3) is 0 Å². The summed E-state index contributed by atoms with van der Waals surface area (Å²) in [6.07, 6.45) is 3.89. The van der Waals surface area contributed by atoms with Crippen LogP contribution in [0.2, 0.25) is 0 Å². The zero-order valence-corrected chi connectivity index (χ0v) is 9.96. The maximum Gasteiger partial charge on any atom is 0.166 e. The number of likely N-dealkylation sites (tertiary alicyclic amines) is 1. The summed E-state index contributed by atoms with van der Waals surface area (Å²) in [5, 5.41) is 8.51. The van der Waals surface area contributed by atoms with Gasteiger partial charge in [-0.1, -0.05) is 11.8 Å². The Hall–Kier alpha value is -0.220. The molecule has 1 unspecified atom stereocenters. The summed E-state index contributed by atoms with van der Waals surface area (Å²) < 4.78 is 0. The first kappa shape index (κ1) is 11.9. The Kier molecular flexibility index (Phi) is 4.26. The number of thioether (sulfide) groups is 1. The van der Waals surface area contributed by atoms with Crippen molar-refractivity contribution < 1.29 is 0 Å². The van der Waals surface area contributed by atoms with Crippen molar-refractivity contribution in [3.8, 4) is 0 Å². The molecule has 5 heteroatoms. The molecule has 0 aliphatic carbocycles. The topological polar surface area (TPSA) is 39.5 Å². The van der Waals surface area contributed by atoms with E-state index in [2.05, 4.69) is 16.8 Å². The maximum absolute atomic E-state index is 7.43. The second-order valence-corrected chi connectivity index (χ2v) is 4.61. The minimum absolute atomic E-state index is 0. The first-order valence-corrected chi connectivity index (χ1v) is 5.81. The van der Waals surface area contributed by atoms with E-state index in [4.69, 9.17) is 5.41 Å². The van der Waals surface area contributed by atoms with Crippen molar-refractivity contribution in [2.24, 2.45) is 4.99 Å². The van der Waals surface area contributed by atoms with E-state index >= 15 is 0 Å². The molecule has 0 aromatic heterocycles. The highest BCUT2D eigenvalue weighted by Gasteiger charge is 2.25. The fourth-order valence-electron chi connectivity index (χ4n) is 1.84. The van der Waals surface area contributed by atoms with E-state index in [1.807, 2.05) is 0 Å². The summed E-state index contributed by atoms with van der Waals surface area (Å²) in [6.45, 7) is 3.38. The Morgan fingerprint density at radius 1 is 1.50 bits per heavy atom. The lowest BCUT2D eigenvalue weighted by Gasteiger charge is -2.34. The van der Waals surface area contributed by atoms with E-state index in [1.165, 1.54) is 19.3 Å². The summed E-state index contributed by atoms with van der Waals surface area (Å²) in [5.74, 6) is 1.29. The monoisotopic (exact) mass is 233 g/mol. The SMILES string of the molecule is CC1CCCCN1C1=NC(=N)CS1.Cl. The second kappa shape index (κ2) is 5.03. The van der Waals surface area contributed by atoms with E-state index in [0.29, 0.717) is 11.9 Å². The first-order valence-electron chi connectivity index (χ1n) is 4.83. The second-order valence-electron chi connectivity index (χ2n) is 3.67. The molecule has 80 valence electrons. The van der Waals surface area contributed by atoms with Gasteiger partial charge in [-0.05, 0) is 26.2 Å². The highest BCUT2D eigenvalue weighted by molar-refractivity contribution is 8.14. The molecule has 2 aliphatic rings. The Morgan fingerprint density at radius 2 is 2.29 bits per heavy atom. The molecule has 0 saturated carbocycles. The number of piperidine rings is 1. The standard InChI is InChI=1S/C9H15N3S.ClH/c1-7-4-2-3-5-12(7)9-11-8(10)6-13-9;/h7,10H,2-6H2,1H3;1H. The van der Waals surface area contributed by atoms with Crippen LogP contribution >= 0.6 is 24.2 Å². The normalized spacial score (nSPS) is 27.2. The van der Waals surface area contributed by atoms with Crippen molar-refractivity contribution >= 4 is 35.2 Å². The number of amidine groups is 2. The van der Waals surface area contributed by atoms with Crippen LogP contribution in [-0.4, -0.2) is 34.2 Å². The molecule has 2 aliphatic heterocycles. The van der Waals surface area contributed by atoms with Crippen LogP contribution in [0.1, 0.15) is 26.2 Å². The van der Waals surface area contributed by atoms with Crippen LogP contribution in [0.4, 0.5) is 0 Å². The lowest BCUT2D eigenvalue weighted by Crippen LogP contribution is -2.40. The van der Waals surface area contributed by atoms with Gasteiger partial charge in [-0.3, -0.25) is 5.41 Å². The molecule has 1 saturated heterocycles. The van der Waals surface area contributed by atoms with E-state index < -0.39 is 0 Å². The van der Waals surface area contributed by atoms with Crippen LogP contribution in [0.3, 0.4) is 0 Å². The minimum Gasteiger partial charge on any atom is -0.348 e. The fraction of sp³-hybridized carbons (Fsp3) is 0.778. The molecule has 0 amide bonds. The van der Waals surface area contributed by atoms with Gasteiger partial charge < -0.3 is 4.90 Å². The van der Waals surface area contributed by atoms with Crippen molar-refractivity contribution in [1.29, 1.82) is 5.41 Å². The van der Waals surface area contributed by atoms with E-state index in [0.717, 1.165) is 17.5 Å². The molecule has 2 heterocycles. The minimum atomic E-state index is 0. The van der Waals surface area contributed by atoms with Gasteiger partial charge in [0.25, 0.3) is 0 Å². The average molecular weight is 234 g/mol. The Balaban J connectivity index is 0.000000980. The molecule has 1 N–H and O–H groups in total. The van der Waals surface area contributed by atoms with Crippen LogP contribution in [0.5, 0.6) is 0 Å². The van der Waals surface area contributed by atoms with E-state index in [9.17, 15) is 0 Å². The lowest BCUT2D eigenvalue weighted by atomic mass is 10.1. The summed E-state index contributed by atoms with van der Waals surface area (Å²) in [5.41, 5.74) is 0. The predicted octanol–water partition coefficient (Wildman–Crippen LogP) is 2.36. The average Bonchev–Trinajstić information content (AvgIpc) is 2.53. The summed E-state index contributed by atoms with van der Waals surface area (Å²) in [7, 11) is 0. The summed E-state index contributed by atoms with van der Waals surface area (Å²) >= 11 is 1.71. The van der Waals surface area contributed by atoms with Crippen molar-refractivity contribution in [2.45, 2.75) is 32.2 Å². The Labute approximate surface area is 95.3 Å². The van der Waals surface area contributed by atoms with Crippen molar-refractivity contribution in [3.05, 3.63) is 0 Å². The molecule has 3 nitrogen and oxygen atoms in total. The van der Waals surface area contributed by atoms with Gasteiger partial charge >= 0.3 is 0 Å². The molecular weight excluding hydrogens is 218 g/mol. The number of aliphatic imine (C=N–C) groups is 1. The van der Waals surface area contributed by atoms with Crippen LogP contribution in [0.15, 0.2) is 4.99 Å². The third-order valence-electron chi connectivity index (χ3n) is 2.62. The van der Waals surface area contributed by atoms with Crippen LogP contribution < -0.4 is 0 Å². The van der Waals surface area contributed by atoms with Gasteiger partial charge in [0.05, 0.1) is 5.75 Å². The Morgan fingerprint density at radius 3 is 2.86 bits per heavy atom. The lowest BCUT2D eigenvalue weighted by molar-refractivity contribution is 0.263. The zero-order valence-electron chi connectivity index (χ0n) is 8.32. The molecule has 2 rings (SSSR count). The Bertz CT molecular complexity index is 254. The predicted molar refractivity (Wildman–Crippen MR) is 64.9 cm³/mol. The van der Waals surface area contributed by atoms with Gasteiger partial charge in [-0.2, -0.15) is 0 Å². The maximum atomic E-state index is 7.43. The van der Waals surface area contributed by atoms with E-state index in [-0.39, 0.29) is 12.4 Å². The third kappa shape index (κ3) is 2.42. The third-order valence-corrected chi connectivity index (χ3v) is 3.62. The van der Waals surface area contributed by atoms with Gasteiger partial charge in [0.15, 0.2) is 5.17 Å². The fourth-order valence-corrected chi connectivity index (χ4v) is 2.78. The number of hydrogen-bond acceptors (Lipinski definition) is 3. The molecule has 0 aromatic rings. The van der Waals surface area contributed by atoms with Crippen molar-refractivity contribution in [2.75, 3.05) is 12.3 Å². The molecule has 0 radical (unpaired) electrons. The first-order chi connectivity index (χ1) is 6.27.